The second kappa shape index (κ2) is 7.22. The average Bonchev–Trinajstić information content (AvgIpc) is 2.47. The maximum Gasteiger partial charge on any atom is 0.275 e. The van der Waals surface area contributed by atoms with Gasteiger partial charge in [0.05, 0.1) is 19.1 Å². The molecule has 2 amide bonds. The predicted octanol–water partition coefficient (Wildman–Crippen LogP) is -0.559. The van der Waals surface area contributed by atoms with Crippen LogP contribution in [0.15, 0.2) is 24.3 Å². The van der Waals surface area contributed by atoms with E-state index in [9.17, 15) is 9.59 Å². The fourth-order valence-corrected chi connectivity index (χ4v) is 2.55. The van der Waals surface area contributed by atoms with E-state index < -0.39 is 0 Å². The van der Waals surface area contributed by atoms with Gasteiger partial charge in [0.15, 0.2) is 13.1 Å². The number of carbonyl (C=O) groups is 2. The fraction of sp³-hybridized carbons (Fsp3) is 0.500. The molecule has 1 heterocycles. The zero-order valence-electron chi connectivity index (χ0n) is 12.7. The van der Waals surface area contributed by atoms with E-state index in [1.54, 1.807) is 0 Å². The molecule has 0 spiro atoms. The van der Waals surface area contributed by atoms with Gasteiger partial charge in [-0.2, -0.15) is 0 Å². The summed E-state index contributed by atoms with van der Waals surface area (Å²) in [5, 5.41) is 5.78. The van der Waals surface area contributed by atoms with Gasteiger partial charge in [-0.05, 0) is 24.5 Å². The lowest BCUT2D eigenvalue weighted by atomic mass is 10.1. The van der Waals surface area contributed by atoms with Gasteiger partial charge in [-0.15, -0.1) is 0 Å². The van der Waals surface area contributed by atoms with Gasteiger partial charge in [-0.25, -0.2) is 0 Å². The molecule has 1 saturated heterocycles. The molecule has 1 fully saturated rings. The minimum atomic E-state index is -0.0126. The Bertz CT molecular complexity index is 499. The van der Waals surface area contributed by atoms with Crippen LogP contribution in [0.25, 0.3) is 0 Å². The van der Waals surface area contributed by atoms with Gasteiger partial charge in [0, 0.05) is 0 Å². The van der Waals surface area contributed by atoms with Crippen LogP contribution in [0.1, 0.15) is 31.0 Å². The van der Waals surface area contributed by atoms with Crippen molar-refractivity contribution in [1.29, 1.82) is 0 Å². The van der Waals surface area contributed by atoms with Crippen LogP contribution >= 0.6 is 0 Å². The second-order valence-electron chi connectivity index (χ2n) is 5.59. The van der Waals surface area contributed by atoms with Gasteiger partial charge < -0.3 is 15.5 Å². The molecule has 5 nitrogen and oxygen atoms in total. The van der Waals surface area contributed by atoms with Gasteiger partial charge in [0.2, 0.25) is 0 Å². The summed E-state index contributed by atoms with van der Waals surface area (Å²) in [6.45, 7) is 6.29. The first-order valence-corrected chi connectivity index (χ1v) is 7.57. The van der Waals surface area contributed by atoms with Crippen LogP contribution in [0.4, 0.5) is 0 Å². The van der Waals surface area contributed by atoms with Crippen molar-refractivity contribution in [1.82, 2.24) is 10.6 Å². The molecule has 0 bridgehead atoms. The molecule has 114 valence electrons. The highest BCUT2D eigenvalue weighted by Gasteiger charge is 2.22. The lowest BCUT2D eigenvalue weighted by Gasteiger charge is -2.24. The third-order valence-corrected chi connectivity index (χ3v) is 3.89. The van der Waals surface area contributed by atoms with E-state index >= 15 is 0 Å². The molecule has 2 rings (SSSR count). The number of carbonyl (C=O) groups excluding carboxylic acids is 2. The Labute approximate surface area is 125 Å². The van der Waals surface area contributed by atoms with Crippen LogP contribution in [-0.4, -0.2) is 38.0 Å². The Morgan fingerprint density at radius 1 is 1.38 bits per heavy atom. The van der Waals surface area contributed by atoms with E-state index in [1.807, 2.05) is 6.92 Å². The third-order valence-electron chi connectivity index (χ3n) is 3.89. The van der Waals surface area contributed by atoms with E-state index in [2.05, 4.69) is 41.8 Å². The average molecular weight is 290 g/mol. The van der Waals surface area contributed by atoms with Gasteiger partial charge in [0.1, 0.15) is 0 Å². The molecule has 2 atom stereocenters. The molecule has 1 aromatic carbocycles. The van der Waals surface area contributed by atoms with Crippen LogP contribution in [0.5, 0.6) is 0 Å². The first kappa shape index (κ1) is 15.5. The molecule has 1 aliphatic rings. The number of rotatable bonds is 5. The summed E-state index contributed by atoms with van der Waals surface area (Å²) < 4.78 is 0. The Hall–Kier alpha value is -1.88. The van der Waals surface area contributed by atoms with Crippen molar-refractivity contribution in [2.45, 2.75) is 26.3 Å². The van der Waals surface area contributed by atoms with Crippen molar-refractivity contribution in [2.75, 3.05) is 26.2 Å². The van der Waals surface area contributed by atoms with Crippen molar-refractivity contribution < 1.29 is 14.5 Å². The summed E-state index contributed by atoms with van der Waals surface area (Å²) in [6.07, 6.45) is 1.02. The molecule has 0 aliphatic carbocycles. The topological polar surface area (TPSA) is 62.6 Å². The molecule has 0 aromatic heterocycles. The Kier molecular flexibility index (Phi) is 5.33. The molecule has 1 aromatic rings. The SMILES string of the molecule is CCc1ccc([C@H](C)NC(=O)C[NH+]2CCNC(=O)C2)cc1. The molecule has 0 saturated carbocycles. The first-order valence-electron chi connectivity index (χ1n) is 7.57. The molecule has 0 radical (unpaired) electrons. The van der Waals surface area contributed by atoms with Crippen LogP contribution in [-0.2, 0) is 16.0 Å². The fourth-order valence-electron chi connectivity index (χ4n) is 2.55. The number of quaternary nitrogens is 1. The number of benzene rings is 1. The number of amides is 2. The van der Waals surface area contributed by atoms with Crippen molar-refractivity contribution in [3.63, 3.8) is 0 Å². The van der Waals surface area contributed by atoms with Crippen LogP contribution in [0.2, 0.25) is 0 Å². The number of nitrogens with one attached hydrogen (secondary N) is 3. The lowest BCUT2D eigenvalue weighted by molar-refractivity contribution is -0.885. The first-order chi connectivity index (χ1) is 10.1. The summed E-state index contributed by atoms with van der Waals surface area (Å²) in [7, 11) is 0. The summed E-state index contributed by atoms with van der Waals surface area (Å²) in [5.74, 6) is 0.0130. The highest BCUT2D eigenvalue weighted by Crippen LogP contribution is 2.13. The Balaban J connectivity index is 1.84. The van der Waals surface area contributed by atoms with E-state index in [1.165, 1.54) is 5.56 Å². The highest BCUT2D eigenvalue weighted by molar-refractivity contribution is 5.79. The van der Waals surface area contributed by atoms with E-state index in [0.717, 1.165) is 23.4 Å². The predicted molar refractivity (Wildman–Crippen MR) is 81.0 cm³/mol. The molecule has 1 unspecified atom stereocenters. The Morgan fingerprint density at radius 3 is 2.71 bits per heavy atom. The minimum Gasteiger partial charge on any atom is -0.346 e. The van der Waals surface area contributed by atoms with Gasteiger partial charge >= 0.3 is 0 Å². The van der Waals surface area contributed by atoms with Crippen LogP contribution in [0.3, 0.4) is 0 Å². The van der Waals surface area contributed by atoms with E-state index in [4.69, 9.17) is 0 Å². The van der Waals surface area contributed by atoms with E-state index in [0.29, 0.717) is 19.6 Å². The Morgan fingerprint density at radius 2 is 2.10 bits per heavy atom. The standard InChI is InChI=1S/C16H23N3O2/c1-3-13-4-6-14(7-5-13)12(2)18-16(21)11-19-9-8-17-15(20)10-19/h4-7,12H,3,8-11H2,1-2H3,(H,17,20)(H,18,21)/p+1/t12-/m0/s1. The van der Waals surface area contributed by atoms with Gasteiger partial charge in [-0.3, -0.25) is 9.59 Å². The second-order valence-corrected chi connectivity index (χ2v) is 5.59. The lowest BCUT2D eigenvalue weighted by Crippen LogP contribution is -3.16. The maximum atomic E-state index is 12.1. The normalized spacial score (nSPS) is 19.7. The highest BCUT2D eigenvalue weighted by atomic mass is 16.2. The molecule has 5 heteroatoms. The minimum absolute atomic E-state index is 0.00762. The maximum absolute atomic E-state index is 12.1. The molecular formula is C16H24N3O2+. The summed E-state index contributed by atoms with van der Waals surface area (Å²) >= 11 is 0. The number of hydrogen-bond acceptors (Lipinski definition) is 2. The number of hydrogen-bond donors (Lipinski definition) is 3. The smallest absolute Gasteiger partial charge is 0.275 e. The summed E-state index contributed by atoms with van der Waals surface area (Å²) in [6, 6.07) is 8.30. The van der Waals surface area contributed by atoms with Crippen molar-refractivity contribution in [3.05, 3.63) is 35.4 Å². The zero-order valence-corrected chi connectivity index (χ0v) is 12.7. The zero-order chi connectivity index (χ0) is 15.2. The van der Waals surface area contributed by atoms with Crippen molar-refractivity contribution in [3.8, 4) is 0 Å². The van der Waals surface area contributed by atoms with Crippen molar-refractivity contribution >= 4 is 11.8 Å². The van der Waals surface area contributed by atoms with Crippen LogP contribution in [0, 0.1) is 0 Å². The van der Waals surface area contributed by atoms with Gasteiger partial charge in [0.25, 0.3) is 11.8 Å². The summed E-state index contributed by atoms with van der Waals surface area (Å²) in [5.41, 5.74) is 2.40. The summed E-state index contributed by atoms with van der Waals surface area (Å²) in [4.78, 5) is 24.4. The monoisotopic (exact) mass is 290 g/mol. The van der Waals surface area contributed by atoms with E-state index in [-0.39, 0.29) is 17.9 Å². The number of piperazine rings is 1. The third kappa shape index (κ3) is 4.56. The quantitative estimate of drug-likeness (QED) is 0.681. The molecule has 1 aliphatic heterocycles. The van der Waals surface area contributed by atoms with Crippen LogP contribution < -0.4 is 15.5 Å². The molecular weight excluding hydrogens is 266 g/mol. The van der Waals surface area contributed by atoms with Gasteiger partial charge in [-0.1, -0.05) is 31.2 Å². The van der Waals surface area contributed by atoms with Crippen molar-refractivity contribution in [2.24, 2.45) is 0 Å². The number of aryl methyl sites for hydroxylation is 1. The molecule has 21 heavy (non-hydrogen) atoms. The largest absolute Gasteiger partial charge is 0.346 e. The molecule has 3 N–H and O–H groups in total.